The predicted molar refractivity (Wildman–Crippen MR) is 81.0 cm³/mol. The van der Waals surface area contributed by atoms with Gasteiger partial charge in [-0.15, -0.1) is 0 Å². The first-order valence-electron chi connectivity index (χ1n) is 7.07. The van der Waals surface area contributed by atoms with Gasteiger partial charge in [0.2, 0.25) is 0 Å². The Bertz CT molecular complexity index is 369. The van der Waals surface area contributed by atoms with Gasteiger partial charge in [0.25, 0.3) is 0 Å². The molecule has 1 aromatic carbocycles. The van der Waals surface area contributed by atoms with Gasteiger partial charge in [0.05, 0.1) is 13.2 Å². The van der Waals surface area contributed by atoms with Gasteiger partial charge < -0.3 is 20.1 Å². The number of nitrogen functional groups attached to an aromatic ring is 1. The summed E-state index contributed by atoms with van der Waals surface area (Å²) in [6, 6.07) is 5.89. The van der Waals surface area contributed by atoms with Crippen LogP contribution in [-0.2, 0) is 4.74 Å². The van der Waals surface area contributed by atoms with Crippen molar-refractivity contribution in [3.8, 4) is 5.75 Å². The Hall–Kier alpha value is -1.42. The van der Waals surface area contributed by atoms with Crippen LogP contribution in [0.2, 0.25) is 0 Å². The Balaban J connectivity index is 2.75. The first-order valence-corrected chi connectivity index (χ1v) is 7.07. The predicted octanol–water partition coefficient (Wildman–Crippen LogP) is 2.92. The van der Waals surface area contributed by atoms with Crippen LogP contribution in [0, 0.1) is 0 Å². The summed E-state index contributed by atoms with van der Waals surface area (Å²) in [6.07, 6.45) is 0.992. The lowest BCUT2D eigenvalue weighted by Crippen LogP contribution is -2.27. The number of ether oxygens (including phenoxy) is 2. The largest absolute Gasteiger partial charge is 0.493 e. The van der Waals surface area contributed by atoms with Gasteiger partial charge in [0.1, 0.15) is 5.75 Å². The second-order valence-corrected chi connectivity index (χ2v) is 4.39. The molecule has 0 radical (unpaired) electrons. The number of rotatable bonds is 9. The smallest absolute Gasteiger partial charge is 0.123 e. The number of hydrogen-bond donors (Lipinski definition) is 1. The average molecular weight is 266 g/mol. The lowest BCUT2D eigenvalue weighted by Gasteiger charge is -2.24. The number of likely N-dealkylation sites (N-methyl/N-ethyl adjacent to an activating group) is 1. The number of nitrogens with two attached hydrogens (primary N) is 1. The summed E-state index contributed by atoms with van der Waals surface area (Å²) in [5.41, 5.74) is 7.77. The Kier molecular flexibility index (Phi) is 7.11. The fraction of sp³-hybridized carbons (Fsp3) is 0.600. The van der Waals surface area contributed by atoms with E-state index in [0.29, 0.717) is 6.61 Å². The number of nitrogens with zero attached hydrogens (tertiary/aromatic N) is 1. The van der Waals surface area contributed by atoms with Crippen LogP contribution in [0.1, 0.15) is 27.2 Å². The van der Waals surface area contributed by atoms with Crippen molar-refractivity contribution >= 4 is 11.4 Å². The van der Waals surface area contributed by atoms with Crippen molar-refractivity contribution in [3.63, 3.8) is 0 Å². The van der Waals surface area contributed by atoms with E-state index in [1.807, 2.05) is 25.1 Å². The van der Waals surface area contributed by atoms with Crippen molar-refractivity contribution in [1.82, 2.24) is 0 Å². The van der Waals surface area contributed by atoms with Crippen molar-refractivity contribution in [2.24, 2.45) is 0 Å². The minimum Gasteiger partial charge on any atom is -0.493 e. The molecule has 0 bridgehead atoms. The van der Waals surface area contributed by atoms with Crippen LogP contribution in [-0.4, -0.2) is 32.9 Å². The second kappa shape index (κ2) is 8.64. The number of hydrogen-bond acceptors (Lipinski definition) is 4. The van der Waals surface area contributed by atoms with Gasteiger partial charge >= 0.3 is 0 Å². The highest BCUT2D eigenvalue weighted by Crippen LogP contribution is 2.25. The zero-order chi connectivity index (χ0) is 14.1. The first kappa shape index (κ1) is 15.6. The van der Waals surface area contributed by atoms with Crippen molar-refractivity contribution in [2.45, 2.75) is 27.2 Å². The number of benzene rings is 1. The molecule has 0 atom stereocenters. The van der Waals surface area contributed by atoms with E-state index in [9.17, 15) is 0 Å². The highest BCUT2D eigenvalue weighted by atomic mass is 16.5. The molecule has 19 heavy (non-hydrogen) atoms. The summed E-state index contributed by atoms with van der Waals surface area (Å²) in [7, 11) is 0. The first-order chi connectivity index (χ1) is 9.21. The van der Waals surface area contributed by atoms with E-state index in [0.717, 1.165) is 49.8 Å². The van der Waals surface area contributed by atoms with Gasteiger partial charge in [-0.1, -0.05) is 6.92 Å². The quantitative estimate of drug-likeness (QED) is 0.551. The van der Waals surface area contributed by atoms with Crippen LogP contribution in [0.15, 0.2) is 18.2 Å². The molecule has 0 fully saturated rings. The second-order valence-electron chi connectivity index (χ2n) is 4.39. The van der Waals surface area contributed by atoms with Crippen LogP contribution >= 0.6 is 0 Å². The van der Waals surface area contributed by atoms with Crippen LogP contribution in [0.3, 0.4) is 0 Å². The summed E-state index contributed by atoms with van der Waals surface area (Å²) in [5.74, 6) is 0.840. The molecule has 0 unspecified atom stereocenters. The third-order valence-electron chi connectivity index (χ3n) is 2.84. The molecule has 4 heteroatoms. The summed E-state index contributed by atoms with van der Waals surface area (Å²) >= 11 is 0. The molecule has 108 valence electrons. The Labute approximate surface area is 116 Å². The normalized spacial score (nSPS) is 10.5. The maximum atomic E-state index is 5.94. The zero-order valence-electron chi connectivity index (χ0n) is 12.3. The van der Waals surface area contributed by atoms with Crippen LogP contribution in [0.5, 0.6) is 5.75 Å². The van der Waals surface area contributed by atoms with Crippen molar-refractivity contribution in [3.05, 3.63) is 18.2 Å². The van der Waals surface area contributed by atoms with Gasteiger partial charge in [-0.25, -0.2) is 0 Å². The molecular weight excluding hydrogens is 240 g/mol. The van der Waals surface area contributed by atoms with Crippen molar-refractivity contribution < 1.29 is 9.47 Å². The summed E-state index contributed by atoms with van der Waals surface area (Å²) in [4.78, 5) is 2.24. The van der Waals surface area contributed by atoms with E-state index in [2.05, 4.69) is 18.7 Å². The molecule has 0 aromatic heterocycles. The monoisotopic (exact) mass is 266 g/mol. The van der Waals surface area contributed by atoms with Gasteiger partial charge in [-0.3, -0.25) is 0 Å². The van der Waals surface area contributed by atoms with Crippen molar-refractivity contribution in [2.75, 3.05) is 43.5 Å². The molecule has 1 rings (SSSR count). The molecule has 0 spiro atoms. The van der Waals surface area contributed by atoms with Gasteiger partial charge in [-0.2, -0.15) is 0 Å². The minimum atomic E-state index is 0.716. The highest BCUT2D eigenvalue weighted by molar-refractivity contribution is 5.60. The van der Waals surface area contributed by atoms with E-state index in [4.69, 9.17) is 15.2 Å². The van der Waals surface area contributed by atoms with Gasteiger partial charge in [0, 0.05) is 43.2 Å². The summed E-state index contributed by atoms with van der Waals surface area (Å²) < 4.78 is 11.1. The van der Waals surface area contributed by atoms with Crippen LogP contribution < -0.4 is 15.4 Å². The SMILES string of the molecule is CCCOc1cc(N)cc(N(CC)CCOCC)c1. The zero-order valence-corrected chi connectivity index (χ0v) is 12.3. The molecule has 0 aliphatic carbocycles. The molecule has 0 aliphatic heterocycles. The maximum absolute atomic E-state index is 5.94. The van der Waals surface area contributed by atoms with Crippen molar-refractivity contribution in [1.29, 1.82) is 0 Å². The molecule has 0 amide bonds. The number of anilines is 2. The molecular formula is C15H26N2O2. The van der Waals surface area contributed by atoms with E-state index < -0.39 is 0 Å². The molecule has 1 aromatic rings. The topological polar surface area (TPSA) is 47.7 Å². The standard InChI is InChI=1S/C15H26N2O2/c1-4-8-19-15-11-13(16)10-14(12-15)17(5-2)7-9-18-6-3/h10-12H,4-9,16H2,1-3H3. The molecule has 0 aliphatic rings. The highest BCUT2D eigenvalue weighted by Gasteiger charge is 2.07. The fourth-order valence-corrected chi connectivity index (χ4v) is 1.88. The molecule has 0 heterocycles. The summed E-state index contributed by atoms with van der Waals surface area (Å²) in [5, 5.41) is 0. The van der Waals surface area contributed by atoms with Crippen LogP contribution in [0.4, 0.5) is 11.4 Å². The Morgan fingerprint density at radius 3 is 2.53 bits per heavy atom. The maximum Gasteiger partial charge on any atom is 0.123 e. The molecule has 0 saturated heterocycles. The van der Waals surface area contributed by atoms with Gasteiger partial charge in [-0.05, 0) is 26.3 Å². The van der Waals surface area contributed by atoms with Gasteiger partial charge in [0.15, 0.2) is 0 Å². The van der Waals surface area contributed by atoms with E-state index in [1.54, 1.807) is 0 Å². The third kappa shape index (κ3) is 5.39. The average Bonchev–Trinajstić information content (AvgIpc) is 2.41. The lowest BCUT2D eigenvalue weighted by molar-refractivity contribution is 0.154. The molecule has 0 saturated carbocycles. The third-order valence-corrected chi connectivity index (χ3v) is 2.84. The van der Waals surface area contributed by atoms with E-state index >= 15 is 0 Å². The lowest BCUT2D eigenvalue weighted by atomic mass is 10.2. The van der Waals surface area contributed by atoms with E-state index in [1.165, 1.54) is 0 Å². The molecule has 2 N–H and O–H groups in total. The Morgan fingerprint density at radius 1 is 1.11 bits per heavy atom. The minimum absolute atomic E-state index is 0.716. The Morgan fingerprint density at radius 2 is 1.89 bits per heavy atom. The fourth-order valence-electron chi connectivity index (χ4n) is 1.88. The van der Waals surface area contributed by atoms with Crippen LogP contribution in [0.25, 0.3) is 0 Å². The summed E-state index contributed by atoms with van der Waals surface area (Å²) in [6.45, 7) is 10.2. The molecule has 4 nitrogen and oxygen atoms in total. The van der Waals surface area contributed by atoms with E-state index in [-0.39, 0.29) is 0 Å².